The predicted octanol–water partition coefficient (Wildman–Crippen LogP) is 2.40. The highest BCUT2D eigenvalue weighted by atomic mass is 32.2. The van der Waals surface area contributed by atoms with Crippen molar-refractivity contribution in [1.29, 1.82) is 0 Å². The molecule has 158 valence electrons. The summed E-state index contributed by atoms with van der Waals surface area (Å²) in [5, 5.41) is 0. The molecule has 1 aliphatic heterocycles. The van der Waals surface area contributed by atoms with Gasteiger partial charge in [-0.05, 0) is 49.7 Å². The van der Waals surface area contributed by atoms with Crippen LogP contribution in [0, 0.1) is 13.8 Å². The molecule has 2 aromatic heterocycles. The summed E-state index contributed by atoms with van der Waals surface area (Å²) in [7, 11) is -1.98. The van der Waals surface area contributed by atoms with Gasteiger partial charge >= 0.3 is 0 Å². The molecule has 0 saturated carbocycles. The van der Waals surface area contributed by atoms with E-state index >= 15 is 0 Å². The zero-order valence-corrected chi connectivity index (χ0v) is 18.1. The second-order valence-electron chi connectivity index (χ2n) is 7.24. The molecule has 0 aliphatic carbocycles. The second kappa shape index (κ2) is 8.08. The molecule has 1 saturated heterocycles. The number of sulfonamides is 1. The Kier molecular flexibility index (Phi) is 5.48. The number of methoxy groups -OCH3 is 1. The van der Waals surface area contributed by atoms with Crippen LogP contribution in [-0.2, 0) is 10.0 Å². The molecule has 4 rings (SSSR count). The maximum absolute atomic E-state index is 13.1. The Morgan fingerprint density at radius 3 is 2.23 bits per heavy atom. The maximum Gasteiger partial charge on any atom is 0.243 e. The average molecular weight is 428 g/mol. The Morgan fingerprint density at radius 1 is 0.933 bits per heavy atom. The summed E-state index contributed by atoms with van der Waals surface area (Å²) >= 11 is 0. The van der Waals surface area contributed by atoms with Crippen molar-refractivity contribution in [3.05, 3.63) is 60.2 Å². The van der Waals surface area contributed by atoms with Gasteiger partial charge in [-0.2, -0.15) is 4.31 Å². The van der Waals surface area contributed by atoms with E-state index in [-0.39, 0.29) is 0 Å². The zero-order chi connectivity index (χ0) is 21.3. The Morgan fingerprint density at radius 2 is 1.60 bits per heavy atom. The number of nitrogens with zero attached hydrogens (tertiary/aromatic N) is 5. The summed E-state index contributed by atoms with van der Waals surface area (Å²) < 4.78 is 34.9. The van der Waals surface area contributed by atoms with E-state index in [4.69, 9.17) is 4.74 Å². The van der Waals surface area contributed by atoms with Crippen molar-refractivity contribution < 1.29 is 13.2 Å². The lowest BCUT2D eigenvalue weighted by Crippen LogP contribution is -2.49. The smallest absolute Gasteiger partial charge is 0.243 e. The third-order valence-corrected chi connectivity index (χ3v) is 7.14. The van der Waals surface area contributed by atoms with Gasteiger partial charge in [0, 0.05) is 44.6 Å². The van der Waals surface area contributed by atoms with E-state index in [0.717, 1.165) is 17.2 Å². The van der Waals surface area contributed by atoms with Crippen LogP contribution >= 0.6 is 0 Å². The minimum atomic E-state index is -3.55. The summed E-state index contributed by atoms with van der Waals surface area (Å²) in [4.78, 5) is 11.5. The van der Waals surface area contributed by atoms with Crippen LogP contribution in [0.25, 0.3) is 5.82 Å². The third kappa shape index (κ3) is 3.90. The molecule has 9 heteroatoms. The minimum absolute atomic E-state index is 0.294. The lowest BCUT2D eigenvalue weighted by atomic mass is 10.2. The minimum Gasteiger partial charge on any atom is -0.496 e. The molecule has 0 unspecified atom stereocenters. The molecule has 0 amide bonds. The first-order chi connectivity index (χ1) is 14.4. The molecular formula is C21H25N5O3S. The Bertz CT molecular complexity index is 1140. The fourth-order valence-corrected chi connectivity index (χ4v) is 5.14. The highest BCUT2D eigenvalue weighted by Crippen LogP contribution is 2.25. The van der Waals surface area contributed by atoms with Gasteiger partial charge < -0.3 is 14.2 Å². The van der Waals surface area contributed by atoms with E-state index in [1.54, 1.807) is 25.3 Å². The predicted molar refractivity (Wildman–Crippen MR) is 115 cm³/mol. The Balaban J connectivity index is 1.51. The normalized spacial score (nSPS) is 15.4. The third-order valence-electron chi connectivity index (χ3n) is 5.25. The molecule has 3 aromatic rings. The number of hydrogen-bond acceptors (Lipinski definition) is 6. The SMILES string of the molecule is COc1ccc(S(=O)(=O)N2CCN(c3cc(-n4cccc4)nc(C)n3)CC2)cc1C. The van der Waals surface area contributed by atoms with Crippen molar-refractivity contribution >= 4 is 15.8 Å². The first-order valence-corrected chi connectivity index (χ1v) is 11.2. The highest BCUT2D eigenvalue weighted by Gasteiger charge is 2.29. The fourth-order valence-electron chi connectivity index (χ4n) is 3.64. The lowest BCUT2D eigenvalue weighted by Gasteiger charge is -2.35. The van der Waals surface area contributed by atoms with Gasteiger partial charge in [-0.25, -0.2) is 18.4 Å². The molecule has 30 heavy (non-hydrogen) atoms. The molecule has 0 bridgehead atoms. The standard InChI is InChI=1S/C21H25N5O3S/c1-16-14-18(6-7-19(16)29-3)30(27,28)26-12-10-25(11-13-26)21-15-20(22-17(2)23-21)24-8-4-5-9-24/h4-9,14-15H,10-13H2,1-3H3. The van der Waals surface area contributed by atoms with E-state index in [0.29, 0.717) is 42.6 Å². The summed E-state index contributed by atoms with van der Waals surface area (Å²) in [5.74, 6) is 2.96. The number of ether oxygens (including phenoxy) is 1. The quantitative estimate of drug-likeness (QED) is 0.622. The van der Waals surface area contributed by atoms with Gasteiger partial charge in [-0.1, -0.05) is 0 Å². The number of hydrogen-bond donors (Lipinski definition) is 0. The van der Waals surface area contributed by atoms with Crippen molar-refractivity contribution in [3.63, 3.8) is 0 Å². The van der Waals surface area contributed by atoms with Crippen molar-refractivity contribution in [2.45, 2.75) is 18.7 Å². The van der Waals surface area contributed by atoms with Crippen LogP contribution in [0.15, 0.2) is 53.7 Å². The first kappa shape index (κ1) is 20.4. The van der Waals surface area contributed by atoms with Gasteiger partial charge in [0.2, 0.25) is 10.0 Å². The monoisotopic (exact) mass is 427 g/mol. The van der Waals surface area contributed by atoms with E-state index < -0.39 is 10.0 Å². The number of anilines is 1. The molecule has 0 spiro atoms. The van der Waals surface area contributed by atoms with Crippen molar-refractivity contribution in [1.82, 2.24) is 18.8 Å². The topological polar surface area (TPSA) is 80.6 Å². The van der Waals surface area contributed by atoms with E-state index in [1.807, 2.05) is 49.0 Å². The molecule has 0 atom stereocenters. The lowest BCUT2D eigenvalue weighted by molar-refractivity contribution is 0.383. The number of aromatic nitrogens is 3. The van der Waals surface area contributed by atoms with Crippen LogP contribution in [0.2, 0.25) is 0 Å². The molecule has 1 fully saturated rings. The van der Waals surface area contributed by atoms with E-state index in [1.165, 1.54) is 4.31 Å². The van der Waals surface area contributed by atoms with Gasteiger partial charge in [0.05, 0.1) is 12.0 Å². The Hall–Kier alpha value is -2.91. The first-order valence-electron chi connectivity index (χ1n) is 9.77. The van der Waals surface area contributed by atoms with Gasteiger partial charge in [0.25, 0.3) is 0 Å². The van der Waals surface area contributed by atoms with Gasteiger partial charge in [-0.3, -0.25) is 0 Å². The summed E-state index contributed by atoms with van der Waals surface area (Å²) in [6, 6.07) is 10.8. The molecule has 0 radical (unpaired) electrons. The second-order valence-corrected chi connectivity index (χ2v) is 9.18. The molecule has 1 aromatic carbocycles. The maximum atomic E-state index is 13.1. The summed E-state index contributed by atoms with van der Waals surface area (Å²) in [6.07, 6.45) is 3.87. The Labute approximate surface area is 176 Å². The largest absolute Gasteiger partial charge is 0.496 e. The summed E-state index contributed by atoms with van der Waals surface area (Å²) in [6.45, 7) is 5.63. The van der Waals surface area contributed by atoms with Gasteiger partial charge in [-0.15, -0.1) is 0 Å². The van der Waals surface area contributed by atoms with Gasteiger partial charge in [0.1, 0.15) is 23.2 Å². The number of piperazine rings is 1. The molecule has 0 N–H and O–H groups in total. The van der Waals surface area contributed by atoms with Crippen LogP contribution in [-0.4, -0.2) is 60.5 Å². The van der Waals surface area contributed by atoms with Crippen molar-refractivity contribution in [2.75, 3.05) is 38.2 Å². The van der Waals surface area contributed by atoms with E-state index in [2.05, 4.69) is 14.9 Å². The molecule has 3 heterocycles. The molecular weight excluding hydrogens is 402 g/mol. The van der Waals surface area contributed by atoms with Gasteiger partial charge in [0.15, 0.2) is 0 Å². The fraction of sp³-hybridized carbons (Fsp3) is 0.333. The molecule has 1 aliphatic rings. The molecule has 8 nitrogen and oxygen atoms in total. The highest BCUT2D eigenvalue weighted by molar-refractivity contribution is 7.89. The van der Waals surface area contributed by atoms with Crippen molar-refractivity contribution in [3.8, 4) is 11.6 Å². The zero-order valence-electron chi connectivity index (χ0n) is 17.3. The number of benzene rings is 1. The summed E-state index contributed by atoms with van der Waals surface area (Å²) in [5.41, 5.74) is 0.797. The van der Waals surface area contributed by atoms with Crippen molar-refractivity contribution in [2.24, 2.45) is 0 Å². The van der Waals surface area contributed by atoms with Crippen LogP contribution in [0.1, 0.15) is 11.4 Å². The number of aryl methyl sites for hydroxylation is 2. The van der Waals surface area contributed by atoms with Crippen LogP contribution in [0.4, 0.5) is 5.82 Å². The number of rotatable bonds is 5. The van der Waals surface area contributed by atoms with Crippen LogP contribution in [0.3, 0.4) is 0 Å². The average Bonchev–Trinajstić information content (AvgIpc) is 3.28. The van der Waals surface area contributed by atoms with Crippen LogP contribution < -0.4 is 9.64 Å². The van der Waals surface area contributed by atoms with Crippen LogP contribution in [0.5, 0.6) is 5.75 Å². The van der Waals surface area contributed by atoms with E-state index in [9.17, 15) is 8.42 Å².